The summed E-state index contributed by atoms with van der Waals surface area (Å²) >= 11 is 8.58. The zero-order valence-electron chi connectivity index (χ0n) is 15.5. The van der Waals surface area contributed by atoms with Crippen LogP contribution in [0, 0.1) is 0 Å². The van der Waals surface area contributed by atoms with Crippen LogP contribution in [0.2, 0.25) is 5.02 Å². The Labute approximate surface area is 179 Å². The zero-order chi connectivity index (χ0) is 19.5. The molecule has 1 nitrogen and oxygen atoms in total. The van der Waals surface area contributed by atoms with Gasteiger partial charge in [-0.15, -0.1) is 11.8 Å². The summed E-state index contributed by atoms with van der Waals surface area (Å²) in [5.41, 5.74) is 4.92. The normalized spacial score (nSPS) is 20.4. The van der Waals surface area contributed by atoms with Crippen LogP contribution in [0.5, 0.6) is 11.5 Å². The Bertz CT molecular complexity index is 1180. The molecule has 4 aromatic carbocycles. The fourth-order valence-electron chi connectivity index (χ4n) is 4.72. The summed E-state index contributed by atoms with van der Waals surface area (Å²) in [5, 5.41) is 0.652. The third kappa shape index (κ3) is 2.19. The monoisotopic (exact) mass is 412 g/mol. The lowest BCUT2D eigenvalue weighted by atomic mass is 9.72. The standard InChI is InChI=1S/C26H17ClOS/c27-22-16-9-15-21-24(22)28-23-17-8-7-14-20(23)26(21)25(29-26,18-10-3-1-4-11-18)19-12-5-2-6-13-19/h1-17H. The first-order chi connectivity index (χ1) is 14.3. The Kier molecular flexibility index (Phi) is 3.65. The quantitative estimate of drug-likeness (QED) is 0.317. The van der Waals surface area contributed by atoms with Crippen molar-refractivity contribution >= 4 is 23.4 Å². The van der Waals surface area contributed by atoms with Crippen molar-refractivity contribution in [2.24, 2.45) is 0 Å². The maximum Gasteiger partial charge on any atom is 0.151 e. The molecule has 0 amide bonds. The summed E-state index contributed by atoms with van der Waals surface area (Å²) in [6.07, 6.45) is 0. The molecule has 6 rings (SSSR count). The topological polar surface area (TPSA) is 9.23 Å². The molecule has 1 unspecified atom stereocenters. The van der Waals surface area contributed by atoms with Crippen molar-refractivity contribution in [1.29, 1.82) is 0 Å². The summed E-state index contributed by atoms with van der Waals surface area (Å²) in [5.74, 6) is 1.66. The van der Waals surface area contributed by atoms with Crippen molar-refractivity contribution in [3.63, 3.8) is 0 Å². The first-order valence-corrected chi connectivity index (χ1v) is 10.8. The van der Waals surface area contributed by atoms with E-state index < -0.39 is 0 Å². The fraction of sp³-hybridized carbons (Fsp3) is 0.0769. The van der Waals surface area contributed by atoms with Crippen molar-refractivity contribution in [2.45, 2.75) is 9.49 Å². The lowest BCUT2D eigenvalue weighted by Crippen LogP contribution is -2.28. The Morgan fingerprint density at radius 1 is 0.586 bits per heavy atom. The molecule has 2 aliphatic heterocycles. The van der Waals surface area contributed by atoms with Gasteiger partial charge >= 0.3 is 0 Å². The van der Waals surface area contributed by atoms with E-state index in [-0.39, 0.29) is 9.49 Å². The van der Waals surface area contributed by atoms with E-state index in [4.69, 9.17) is 16.3 Å². The van der Waals surface area contributed by atoms with Crippen LogP contribution < -0.4 is 4.74 Å². The molecule has 4 aromatic rings. The Hall–Kier alpha value is -2.68. The molecular formula is C26H17ClOS. The van der Waals surface area contributed by atoms with Gasteiger partial charge in [0.2, 0.25) is 0 Å². The van der Waals surface area contributed by atoms with Crippen molar-refractivity contribution < 1.29 is 4.74 Å². The van der Waals surface area contributed by atoms with E-state index in [9.17, 15) is 0 Å². The molecule has 0 N–H and O–H groups in total. The molecule has 3 heteroatoms. The van der Waals surface area contributed by atoms with Gasteiger partial charge < -0.3 is 4.74 Å². The lowest BCUT2D eigenvalue weighted by Gasteiger charge is -2.32. The van der Waals surface area contributed by atoms with Crippen molar-refractivity contribution in [3.05, 3.63) is 130 Å². The zero-order valence-corrected chi connectivity index (χ0v) is 17.1. The molecule has 0 saturated carbocycles. The predicted molar refractivity (Wildman–Crippen MR) is 120 cm³/mol. The molecule has 1 saturated heterocycles. The van der Waals surface area contributed by atoms with Gasteiger partial charge in [0.25, 0.3) is 0 Å². The van der Waals surface area contributed by atoms with Crippen LogP contribution in [-0.4, -0.2) is 0 Å². The van der Waals surface area contributed by atoms with E-state index >= 15 is 0 Å². The number of halogens is 1. The Morgan fingerprint density at radius 3 is 1.86 bits per heavy atom. The highest BCUT2D eigenvalue weighted by atomic mass is 35.5. The molecule has 0 radical (unpaired) electrons. The van der Waals surface area contributed by atoms with Gasteiger partial charge in [0.05, 0.1) is 14.5 Å². The second-order valence-electron chi connectivity index (χ2n) is 7.41. The summed E-state index contributed by atoms with van der Waals surface area (Å²) in [7, 11) is 0. The van der Waals surface area contributed by atoms with Gasteiger partial charge in [0.15, 0.2) is 5.75 Å². The third-order valence-electron chi connectivity index (χ3n) is 5.95. The number of fused-ring (bicyclic) bond motifs is 4. The minimum Gasteiger partial charge on any atom is -0.455 e. The number of hydrogen-bond acceptors (Lipinski definition) is 2. The number of ether oxygens (including phenoxy) is 1. The van der Waals surface area contributed by atoms with Gasteiger partial charge in [0, 0.05) is 11.1 Å². The molecule has 0 bridgehead atoms. The van der Waals surface area contributed by atoms with Crippen LogP contribution in [0.4, 0.5) is 0 Å². The SMILES string of the molecule is Clc1cccc2c1Oc1ccccc1C21SC1(c1ccccc1)c1ccccc1. The Morgan fingerprint density at radius 2 is 1.17 bits per heavy atom. The molecule has 0 aromatic heterocycles. The number of thioether (sulfide) groups is 1. The second-order valence-corrected chi connectivity index (χ2v) is 9.25. The second kappa shape index (κ2) is 6.16. The molecule has 0 aliphatic carbocycles. The summed E-state index contributed by atoms with van der Waals surface area (Å²) < 4.78 is 5.78. The maximum absolute atomic E-state index is 6.61. The van der Waals surface area contributed by atoms with Crippen LogP contribution in [0.15, 0.2) is 103 Å². The van der Waals surface area contributed by atoms with E-state index in [1.54, 1.807) is 0 Å². The van der Waals surface area contributed by atoms with Gasteiger partial charge in [0.1, 0.15) is 5.75 Å². The van der Waals surface area contributed by atoms with Gasteiger partial charge in [-0.05, 0) is 23.3 Å². The number of para-hydroxylation sites is 2. The van der Waals surface area contributed by atoms with Gasteiger partial charge in [-0.3, -0.25) is 0 Å². The fourth-order valence-corrected chi connectivity index (χ4v) is 6.86. The average Bonchev–Trinajstić information content (AvgIpc) is 3.48. The third-order valence-corrected chi connectivity index (χ3v) is 8.18. The van der Waals surface area contributed by atoms with Crippen LogP contribution >= 0.6 is 23.4 Å². The average molecular weight is 413 g/mol. The van der Waals surface area contributed by atoms with E-state index in [2.05, 4.69) is 78.9 Å². The smallest absolute Gasteiger partial charge is 0.151 e. The summed E-state index contributed by atoms with van der Waals surface area (Å²) in [4.78, 5) is 0. The molecule has 1 spiro atoms. The summed E-state index contributed by atoms with van der Waals surface area (Å²) in [6.45, 7) is 0. The number of hydrogen-bond donors (Lipinski definition) is 0. The van der Waals surface area contributed by atoms with Crippen LogP contribution in [0.1, 0.15) is 22.3 Å². The van der Waals surface area contributed by atoms with E-state index in [0.29, 0.717) is 5.02 Å². The largest absolute Gasteiger partial charge is 0.455 e. The molecule has 2 heterocycles. The van der Waals surface area contributed by atoms with E-state index in [0.717, 1.165) is 17.1 Å². The van der Waals surface area contributed by atoms with Crippen molar-refractivity contribution in [3.8, 4) is 11.5 Å². The highest BCUT2D eigenvalue weighted by Crippen LogP contribution is 2.83. The Balaban J connectivity index is 1.72. The molecule has 2 aliphatic rings. The first-order valence-electron chi connectivity index (χ1n) is 9.65. The number of benzene rings is 4. The van der Waals surface area contributed by atoms with Crippen molar-refractivity contribution in [2.75, 3.05) is 0 Å². The van der Waals surface area contributed by atoms with Crippen LogP contribution in [-0.2, 0) is 9.49 Å². The molecule has 1 fully saturated rings. The minimum absolute atomic E-state index is 0.241. The van der Waals surface area contributed by atoms with E-state index in [1.807, 2.05) is 36.0 Å². The van der Waals surface area contributed by atoms with Gasteiger partial charge in [-0.1, -0.05) is 103 Å². The highest BCUT2D eigenvalue weighted by Gasteiger charge is 2.74. The van der Waals surface area contributed by atoms with E-state index in [1.165, 1.54) is 16.7 Å². The van der Waals surface area contributed by atoms with Crippen LogP contribution in [0.3, 0.4) is 0 Å². The predicted octanol–water partition coefficient (Wildman–Crippen LogP) is 7.38. The summed E-state index contributed by atoms with van der Waals surface area (Å²) in [6, 6.07) is 36.0. The first kappa shape index (κ1) is 17.2. The molecule has 29 heavy (non-hydrogen) atoms. The maximum atomic E-state index is 6.61. The number of rotatable bonds is 2. The molecular weight excluding hydrogens is 396 g/mol. The highest BCUT2D eigenvalue weighted by molar-refractivity contribution is 8.09. The van der Waals surface area contributed by atoms with Crippen LogP contribution in [0.25, 0.3) is 0 Å². The van der Waals surface area contributed by atoms with Crippen molar-refractivity contribution in [1.82, 2.24) is 0 Å². The molecule has 1 atom stereocenters. The molecule has 140 valence electrons. The van der Waals surface area contributed by atoms with Gasteiger partial charge in [-0.2, -0.15) is 0 Å². The van der Waals surface area contributed by atoms with Gasteiger partial charge in [-0.25, -0.2) is 0 Å². The minimum atomic E-state index is -0.287. The lowest BCUT2D eigenvalue weighted by molar-refractivity contribution is 0.437.